The number of nitrogens with one attached hydrogen (secondary N) is 2. The second-order valence-corrected chi connectivity index (χ2v) is 11.8. The maximum absolute atomic E-state index is 13.7. The van der Waals surface area contributed by atoms with E-state index in [4.69, 9.17) is 5.11 Å². The Morgan fingerprint density at radius 3 is 2.58 bits per heavy atom. The van der Waals surface area contributed by atoms with Crippen molar-refractivity contribution in [1.29, 1.82) is 0 Å². The highest BCUT2D eigenvalue weighted by Crippen LogP contribution is 2.39. The zero-order valence-corrected chi connectivity index (χ0v) is 24.2. The summed E-state index contributed by atoms with van der Waals surface area (Å²) >= 11 is 4.72. The van der Waals surface area contributed by atoms with Crippen LogP contribution in [0.25, 0.3) is 0 Å². The Kier molecular flexibility index (Phi) is 9.44. The number of carbonyl (C=O) groups is 1. The number of aliphatic imine (C=N–C) groups is 1. The smallest absolute Gasteiger partial charge is 0.262 e. The highest BCUT2D eigenvalue weighted by molar-refractivity contribution is 9.10. The summed E-state index contributed by atoms with van der Waals surface area (Å²) in [7, 11) is 0.207. The molecule has 0 fully saturated rings. The van der Waals surface area contributed by atoms with Crippen LogP contribution in [0.5, 0.6) is 0 Å². The van der Waals surface area contributed by atoms with Gasteiger partial charge >= 0.3 is 0 Å². The van der Waals surface area contributed by atoms with Gasteiger partial charge in [0.25, 0.3) is 5.91 Å². The Labute approximate surface area is 225 Å². The molecule has 0 aliphatic carbocycles. The third kappa shape index (κ3) is 6.22. The van der Waals surface area contributed by atoms with Crippen LogP contribution in [0.3, 0.4) is 0 Å². The lowest BCUT2D eigenvalue weighted by atomic mass is 9.85. The van der Waals surface area contributed by atoms with E-state index in [1.54, 1.807) is 24.0 Å². The van der Waals surface area contributed by atoms with Crippen molar-refractivity contribution in [2.75, 3.05) is 17.6 Å². The number of fused-ring (bicyclic) bond motifs is 1. The molecule has 2 aromatic carbocycles. The number of nitrogens with zero attached hydrogens (tertiary/aromatic N) is 2. The predicted octanol–water partition coefficient (Wildman–Crippen LogP) is 5.40. The van der Waals surface area contributed by atoms with E-state index in [9.17, 15) is 14.3 Å². The molecule has 36 heavy (non-hydrogen) atoms. The summed E-state index contributed by atoms with van der Waals surface area (Å²) in [6.07, 6.45) is 1.96. The normalized spacial score (nSPS) is 17.9. The van der Waals surface area contributed by atoms with Gasteiger partial charge in [0.05, 0.1) is 16.2 Å². The molecule has 11 heteroatoms. The van der Waals surface area contributed by atoms with Crippen molar-refractivity contribution in [3.05, 3.63) is 63.6 Å². The number of aliphatic hydroxyl groups is 2. The fourth-order valence-corrected chi connectivity index (χ4v) is 5.78. The lowest BCUT2D eigenvalue weighted by Gasteiger charge is -2.35. The van der Waals surface area contributed by atoms with E-state index >= 15 is 0 Å². The zero-order chi connectivity index (χ0) is 26.6. The predicted molar refractivity (Wildman–Crippen MR) is 152 cm³/mol. The first-order chi connectivity index (χ1) is 17.0. The van der Waals surface area contributed by atoms with Crippen molar-refractivity contribution in [3.8, 4) is 0 Å². The largest absolute Gasteiger partial charge is 0.509 e. The highest BCUT2D eigenvalue weighted by atomic mass is 79.9. The monoisotopic (exact) mass is 596 g/mol. The van der Waals surface area contributed by atoms with Crippen LogP contribution in [0.2, 0.25) is 0 Å². The average Bonchev–Trinajstić information content (AvgIpc) is 3.06. The molecule has 0 saturated heterocycles. The first-order valence-corrected chi connectivity index (χ1v) is 14.4. The third-order valence-corrected chi connectivity index (χ3v) is 7.54. The Morgan fingerprint density at radius 1 is 1.28 bits per heavy atom. The van der Waals surface area contributed by atoms with Crippen LogP contribution >= 0.6 is 36.6 Å². The van der Waals surface area contributed by atoms with E-state index in [2.05, 4.69) is 30.7 Å². The minimum Gasteiger partial charge on any atom is -0.509 e. The fourth-order valence-electron chi connectivity index (χ4n) is 4.06. The van der Waals surface area contributed by atoms with E-state index < -0.39 is 11.5 Å². The summed E-state index contributed by atoms with van der Waals surface area (Å²) in [5.41, 5.74) is 2.29. The summed E-state index contributed by atoms with van der Waals surface area (Å²) in [5.74, 6) is -0.273. The molecule has 4 rings (SSSR count). The molecule has 2 aliphatic heterocycles. The molecule has 0 spiro atoms. The number of anilines is 1. The highest BCUT2D eigenvalue weighted by Gasteiger charge is 2.47. The van der Waals surface area contributed by atoms with Gasteiger partial charge in [0.15, 0.2) is 0 Å². The van der Waals surface area contributed by atoms with Gasteiger partial charge in [-0.1, -0.05) is 38.8 Å². The number of amidine groups is 1. The summed E-state index contributed by atoms with van der Waals surface area (Å²) in [6.45, 7) is 8.10. The Balaban J connectivity index is 0.00000115. The molecule has 194 valence electrons. The molecule has 2 atom stereocenters. The summed E-state index contributed by atoms with van der Waals surface area (Å²) in [5, 5.41) is 23.1. The standard InChI is InChI=1S/C23H25BrFN4O2PS.C2H6O/c1-23(2,3)20-19(30)18(22(31)29(20)11-12-5-7-15(25)14(24)9-12)21-26-16-8-6-13(28-33-4)10-17(16)32-27-21;1-2-3/h5-10,20,28,30,32H,11H2,1-4H3,(H,26,27);3H,2H2,1H3. The number of benzene rings is 2. The van der Waals surface area contributed by atoms with E-state index in [-0.39, 0.29) is 44.9 Å². The number of amides is 1. The molecule has 7 nitrogen and oxygen atoms in total. The molecule has 2 aliphatic rings. The molecule has 2 aromatic rings. The molecule has 4 N–H and O–H groups in total. The van der Waals surface area contributed by atoms with Crippen molar-refractivity contribution >= 4 is 65.0 Å². The number of hydrogen-bond donors (Lipinski definition) is 4. The lowest BCUT2D eigenvalue weighted by molar-refractivity contribution is -0.129. The Hall–Kier alpha value is -2.13. The van der Waals surface area contributed by atoms with Crippen LogP contribution < -0.4 is 15.1 Å². The van der Waals surface area contributed by atoms with Crippen LogP contribution in [0, 0.1) is 11.2 Å². The molecule has 2 unspecified atom stereocenters. The SMILES string of the molecule is CCO.CSNc1ccc2c(c1)PNC(C1=C(O)C(C(C)(C)C)N(Cc3ccc(F)c(Br)c3)C1=O)=N2. The van der Waals surface area contributed by atoms with Crippen molar-refractivity contribution in [2.24, 2.45) is 10.4 Å². The van der Waals surface area contributed by atoms with Gasteiger partial charge in [0, 0.05) is 39.1 Å². The van der Waals surface area contributed by atoms with E-state index in [1.165, 1.54) is 18.0 Å². The molecule has 0 radical (unpaired) electrons. The summed E-state index contributed by atoms with van der Waals surface area (Å²) < 4.78 is 17.2. The molecule has 1 amide bonds. The first kappa shape index (κ1) is 28.4. The number of halogens is 2. The Morgan fingerprint density at radius 2 is 1.97 bits per heavy atom. The fraction of sp³-hybridized carbons (Fsp3) is 0.360. The zero-order valence-electron chi connectivity index (χ0n) is 20.8. The molecule has 0 saturated carbocycles. The van der Waals surface area contributed by atoms with Gasteiger partial charge in [-0.05, 0) is 64.2 Å². The summed E-state index contributed by atoms with van der Waals surface area (Å²) in [4.78, 5) is 19.9. The van der Waals surface area contributed by atoms with Crippen LogP contribution in [0.15, 0.2) is 57.2 Å². The van der Waals surface area contributed by atoms with Gasteiger partial charge in [-0.3, -0.25) is 4.79 Å². The molecule has 0 bridgehead atoms. The summed E-state index contributed by atoms with van der Waals surface area (Å²) in [6, 6.07) is 10.0. The second-order valence-electron chi connectivity index (χ2n) is 9.28. The maximum atomic E-state index is 13.7. The molecule has 2 heterocycles. The number of hydrogen-bond acceptors (Lipinski definition) is 7. The number of carbonyl (C=O) groups excluding carboxylic acids is 1. The molecule has 0 aromatic heterocycles. The minimum absolute atomic E-state index is 0.00819. The Bertz CT molecular complexity index is 1200. The quantitative estimate of drug-likeness (QED) is 0.273. The van der Waals surface area contributed by atoms with Crippen molar-refractivity contribution in [3.63, 3.8) is 0 Å². The maximum Gasteiger partial charge on any atom is 0.262 e. The van der Waals surface area contributed by atoms with E-state index in [1.807, 2.05) is 45.2 Å². The minimum atomic E-state index is -0.536. The topological polar surface area (TPSA) is 97.2 Å². The van der Waals surface area contributed by atoms with Gasteiger partial charge in [-0.25, -0.2) is 9.38 Å². The van der Waals surface area contributed by atoms with Gasteiger partial charge in [0.2, 0.25) is 0 Å². The van der Waals surface area contributed by atoms with Crippen LogP contribution in [-0.4, -0.2) is 45.8 Å². The number of aliphatic hydroxyl groups excluding tert-OH is 2. The lowest BCUT2D eigenvalue weighted by Crippen LogP contribution is -2.43. The van der Waals surface area contributed by atoms with E-state index in [0.29, 0.717) is 10.3 Å². The molecular formula is C25H31BrFN4O3PS. The van der Waals surface area contributed by atoms with Crippen molar-refractivity contribution in [2.45, 2.75) is 40.3 Å². The second kappa shape index (κ2) is 11.9. The average molecular weight is 597 g/mol. The molecular weight excluding hydrogens is 566 g/mol. The van der Waals surface area contributed by atoms with Crippen LogP contribution in [0.4, 0.5) is 15.8 Å². The van der Waals surface area contributed by atoms with Gasteiger partial charge in [-0.2, -0.15) is 0 Å². The van der Waals surface area contributed by atoms with Crippen LogP contribution in [-0.2, 0) is 11.3 Å². The van der Waals surface area contributed by atoms with Crippen LogP contribution in [0.1, 0.15) is 33.3 Å². The van der Waals surface area contributed by atoms with Gasteiger partial charge in [0.1, 0.15) is 23.0 Å². The van der Waals surface area contributed by atoms with E-state index in [0.717, 1.165) is 22.2 Å². The third-order valence-electron chi connectivity index (χ3n) is 5.46. The van der Waals surface area contributed by atoms with Crippen molar-refractivity contribution < 1.29 is 19.4 Å². The number of rotatable bonds is 5. The van der Waals surface area contributed by atoms with Gasteiger partial charge in [-0.15, -0.1) is 0 Å². The van der Waals surface area contributed by atoms with Gasteiger partial charge < -0.3 is 24.9 Å². The first-order valence-electron chi connectivity index (χ1n) is 11.3. The van der Waals surface area contributed by atoms with Crippen molar-refractivity contribution in [1.82, 2.24) is 9.99 Å².